The molecule has 21 heavy (non-hydrogen) atoms. The minimum Gasteiger partial charge on any atom is -0.508 e. The highest BCUT2D eigenvalue weighted by Crippen LogP contribution is 2.35. The maximum Gasteiger partial charge on any atom is 0.152 e. The van der Waals surface area contributed by atoms with Gasteiger partial charge in [0.1, 0.15) is 17.3 Å². The van der Waals surface area contributed by atoms with E-state index >= 15 is 0 Å². The standard InChI is InChI=1S/C16H14F3NO/c17-10-6-13(18)16(14(19)7-10)20-15-3-1-2-9-4-5-11(21)8-12(9)15/h4-8,15,20-21H,1-3H2. The lowest BCUT2D eigenvalue weighted by atomic mass is 9.87. The van der Waals surface area contributed by atoms with E-state index in [2.05, 4.69) is 5.32 Å². The lowest BCUT2D eigenvalue weighted by molar-refractivity contribution is 0.471. The molecular formula is C16H14F3NO. The van der Waals surface area contributed by atoms with E-state index in [1.807, 2.05) is 6.07 Å². The summed E-state index contributed by atoms with van der Waals surface area (Å²) < 4.78 is 40.4. The highest BCUT2D eigenvalue weighted by molar-refractivity contribution is 5.50. The van der Waals surface area contributed by atoms with Crippen LogP contribution in [-0.4, -0.2) is 5.11 Å². The largest absolute Gasteiger partial charge is 0.508 e. The number of halogens is 3. The summed E-state index contributed by atoms with van der Waals surface area (Å²) in [7, 11) is 0. The molecule has 0 aromatic heterocycles. The Morgan fingerprint density at radius 3 is 2.48 bits per heavy atom. The van der Waals surface area contributed by atoms with Crippen LogP contribution in [0.15, 0.2) is 30.3 Å². The fourth-order valence-electron chi connectivity index (χ4n) is 2.79. The topological polar surface area (TPSA) is 32.3 Å². The number of benzene rings is 2. The van der Waals surface area contributed by atoms with E-state index in [1.54, 1.807) is 12.1 Å². The third kappa shape index (κ3) is 2.68. The molecule has 2 N–H and O–H groups in total. The summed E-state index contributed by atoms with van der Waals surface area (Å²) in [6.45, 7) is 0. The monoisotopic (exact) mass is 293 g/mol. The Morgan fingerprint density at radius 2 is 1.76 bits per heavy atom. The predicted octanol–water partition coefficient (Wildman–Crippen LogP) is 4.30. The number of anilines is 1. The van der Waals surface area contributed by atoms with Crippen LogP contribution in [-0.2, 0) is 6.42 Å². The molecule has 1 atom stereocenters. The Bertz CT molecular complexity index is 664. The maximum atomic E-state index is 13.7. The van der Waals surface area contributed by atoms with E-state index in [0.29, 0.717) is 18.6 Å². The SMILES string of the molecule is Oc1ccc2c(c1)C(Nc1c(F)cc(F)cc1F)CCC2. The quantitative estimate of drug-likeness (QED) is 0.865. The van der Waals surface area contributed by atoms with Crippen molar-refractivity contribution in [3.63, 3.8) is 0 Å². The molecule has 0 saturated heterocycles. The van der Waals surface area contributed by atoms with Crippen LogP contribution in [0, 0.1) is 17.5 Å². The van der Waals surface area contributed by atoms with Gasteiger partial charge in [0.05, 0.1) is 6.04 Å². The van der Waals surface area contributed by atoms with E-state index in [1.165, 1.54) is 0 Å². The molecule has 0 aliphatic heterocycles. The fraction of sp³-hybridized carbons (Fsp3) is 0.250. The molecule has 1 aliphatic carbocycles. The van der Waals surface area contributed by atoms with Gasteiger partial charge in [-0.3, -0.25) is 0 Å². The highest BCUT2D eigenvalue weighted by Gasteiger charge is 2.23. The zero-order valence-corrected chi connectivity index (χ0v) is 11.2. The van der Waals surface area contributed by atoms with Gasteiger partial charge < -0.3 is 10.4 Å². The van der Waals surface area contributed by atoms with Gasteiger partial charge in [0, 0.05) is 12.1 Å². The number of hydrogen-bond donors (Lipinski definition) is 2. The van der Waals surface area contributed by atoms with Crippen molar-refractivity contribution in [2.45, 2.75) is 25.3 Å². The van der Waals surface area contributed by atoms with Crippen molar-refractivity contribution in [3.05, 3.63) is 58.9 Å². The Balaban J connectivity index is 1.96. The summed E-state index contributed by atoms with van der Waals surface area (Å²) in [4.78, 5) is 0. The summed E-state index contributed by atoms with van der Waals surface area (Å²) in [5, 5.41) is 12.4. The zero-order chi connectivity index (χ0) is 15.0. The molecule has 0 amide bonds. The second-order valence-corrected chi connectivity index (χ2v) is 5.22. The van der Waals surface area contributed by atoms with Crippen LogP contribution in [0.25, 0.3) is 0 Å². The number of fused-ring (bicyclic) bond motifs is 1. The number of nitrogens with one attached hydrogen (secondary N) is 1. The first-order valence-electron chi connectivity index (χ1n) is 6.77. The van der Waals surface area contributed by atoms with Crippen LogP contribution < -0.4 is 5.32 Å². The third-order valence-electron chi connectivity index (χ3n) is 3.77. The molecule has 5 heteroatoms. The van der Waals surface area contributed by atoms with Gasteiger partial charge in [-0.05, 0) is 42.5 Å². The van der Waals surface area contributed by atoms with Crippen molar-refractivity contribution in [3.8, 4) is 5.75 Å². The summed E-state index contributed by atoms with van der Waals surface area (Å²) in [6.07, 6.45) is 2.43. The molecule has 0 fully saturated rings. The van der Waals surface area contributed by atoms with Gasteiger partial charge in [0.25, 0.3) is 0 Å². The van der Waals surface area contributed by atoms with Crippen molar-refractivity contribution in [2.24, 2.45) is 0 Å². The molecule has 0 saturated carbocycles. The number of aryl methyl sites for hydroxylation is 1. The van der Waals surface area contributed by atoms with E-state index in [4.69, 9.17) is 0 Å². The highest BCUT2D eigenvalue weighted by atomic mass is 19.1. The zero-order valence-electron chi connectivity index (χ0n) is 11.2. The summed E-state index contributed by atoms with van der Waals surface area (Å²) in [5.41, 5.74) is 1.53. The Kier molecular flexibility index (Phi) is 3.49. The lowest BCUT2D eigenvalue weighted by Gasteiger charge is -2.27. The van der Waals surface area contributed by atoms with E-state index in [0.717, 1.165) is 24.0 Å². The second-order valence-electron chi connectivity index (χ2n) is 5.22. The molecule has 0 spiro atoms. The van der Waals surface area contributed by atoms with Crippen LogP contribution >= 0.6 is 0 Å². The number of aromatic hydroxyl groups is 1. The predicted molar refractivity (Wildman–Crippen MR) is 73.7 cm³/mol. The smallest absolute Gasteiger partial charge is 0.152 e. The van der Waals surface area contributed by atoms with E-state index in [9.17, 15) is 18.3 Å². The van der Waals surface area contributed by atoms with Crippen LogP contribution in [0.1, 0.15) is 30.0 Å². The average molecular weight is 293 g/mol. The van der Waals surface area contributed by atoms with Crippen LogP contribution in [0.5, 0.6) is 5.75 Å². The van der Waals surface area contributed by atoms with E-state index < -0.39 is 17.5 Å². The van der Waals surface area contributed by atoms with Gasteiger partial charge in [0.15, 0.2) is 11.6 Å². The van der Waals surface area contributed by atoms with Crippen LogP contribution in [0.4, 0.5) is 18.9 Å². The van der Waals surface area contributed by atoms with Crippen LogP contribution in [0.3, 0.4) is 0 Å². The lowest BCUT2D eigenvalue weighted by Crippen LogP contribution is -2.18. The van der Waals surface area contributed by atoms with Gasteiger partial charge in [0.2, 0.25) is 0 Å². The summed E-state index contributed by atoms with van der Waals surface area (Å²) in [6, 6.07) is 6.01. The molecule has 0 radical (unpaired) electrons. The van der Waals surface area contributed by atoms with Gasteiger partial charge in [-0.1, -0.05) is 6.07 Å². The molecule has 2 aromatic carbocycles. The van der Waals surface area contributed by atoms with Crippen molar-refractivity contribution in [2.75, 3.05) is 5.32 Å². The number of phenolic OH excluding ortho intramolecular Hbond substituents is 1. The molecule has 3 rings (SSSR count). The molecule has 2 nitrogen and oxygen atoms in total. The van der Waals surface area contributed by atoms with Gasteiger partial charge in [-0.25, -0.2) is 13.2 Å². The molecular weight excluding hydrogens is 279 g/mol. The van der Waals surface area contributed by atoms with Gasteiger partial charge in [-0.15, -0.1) is 0 Å². The normalized spacial score (nSPS) is 17.4. The van der Waals surface area contributed by atoms with Crippen molar-refractivity contribution < 1.29 is 18.3 Å². The molecule has 2 aromatic rings. The number of rotatable bonds is 2. The fourth-order valence-corrected chi connectivity index (χ4v) is 2.79. The molecule has 1 unspecified atom stereocenters. The number of phenols is 1. The Morgan fingerprint density at radius 1 is 1.05 bits per heavy atom. The minimum absolute atomic E-state index is 0.113. The van der Waals surface area contributed by atoms with Gasteiger partial charge in [-0.2, -0.15) is 0 Å². The first-order valence-corrected chi connectivity index (χ1v) is 6.77. The van der Waals surface area contributed by atoms with E-state index in [-0.39, 0.29) is 17.5 Å². The van der Waals surface area contributed by atoms with Crippen molar-refractivity contribution >= 4 is 5.69 Å². The Hall–Kier alpha value is -2.17. The minimum atomic E-state index is -0.959. The second kappa shape index (κ2) is 5.31. The average Bonchev–Trinajstić information content (AvgIpc) is 2.43. The van der Waals surface area contributed by atoms with Gasteiger partial charge >= 0.3 is 0 Å². The number of hydrogen-bond acceptors (Lipinski definition) is 2. The van der Waals surface area contributed by atoms with Crippen LogP contribution in [0.2, 0.25) is 0 Å². The first-order chi connectivity index (χ1) is 10.0. The molecule has 1 aliphatic rings. The summed E-state index contributed by atoms with van der Waals surface area (Å²) >= 11 is 0. The van der Waals surface area contributed by atoms with Crippen molar-refractivity contribution in [1.29, 1.82) is 0 Å². The molecule has 0 bridgehead atoms. The van der Waals surface area contributed by atoms with Crippen molar-refractivity contribution in [1.82, 2.24) is 0 Å². The summed E-state index contributed by atoms with van der Waals surface area (Å²) in [5.74, 6) is -2.75. The molecule has 110 valence electrons. The maximum absolute atomic E-state index is 13.7. The first kappa shape index (κ1) is 13.8. The Labute approximate surface area is 120 Å². The third-order valence-corrected chi connectivity index (χ3v) is 3.77. The molecule has 0 heterocycles.